The molecule has 104 valence electrons. The van der Waals surface area contributed by atoms with E-state index in [4.69, 9.17) is 5.11 Å². The summed E-state index contributed by atoms with van der Waals surface area (Å²) in [5, 5.41) is 12.8. The van der Waals surface area contributed by atoms with Crippen LogP contribution in [0.15, 0.2) is 12.4 Å². The predicted octanol–water partition coefficient (Wildman–Crippen LogP) is 2.06. The van der Waals surface area contributed by atoms with E-state index in [1.165, 1.54) is 17.9 Å². The van der Waals surface area contributed by atoms with Crippen LogP contribution in [0.1, 0.15) is 5.56 Å². The maximum absolute atomic E-state index is 12.3. The first-order valence-electron chi connectivity index (χ1n) is 4.81. The van der Waals surface area contributed by atoms with Crippen molar-refractivity contribution in [3.63, 3.8) is 0 Å². The number of aliphatic hydroxyl groups is 1. The maximum atomic E-state index is 12.3. The molecule has 0 saturated heterocycles. The van der Waals surface area contributed by atoms with Gasteiger partial charge in [-0.05, 0) is 5.56 Å². The van der Waals surface area contributed by atoms with E-state index in [-0.39, 0.29) is 5.56 Å². The second-order valence-electron chi connectivity index (χ2n) is 3.85. The molecule has 3 nitrogen and oxygen atoms in total. The van der Waals surface area contributed by atoms with E-state index in [0.29, 0.717) is 0 Å². The lowest BCUT2D eigenvalue weighted by molar-refractivity contribution is -0.305. The van der Waals surface area contributed by atoms with Crippen LogP contribution >= 0.6 is 0 Å². The smallest absolute Gasteiger partial charge is 0.392 e. The zero-order valence-corrected chi connectivity index (χ0v) is 9.13. The molecular weight excluding hydrogens is 266 g/mol. The molecule has 1 atom stereocenters. The Morgan fingerprint density at radius 2 is 1.72 bits per heavy atom. The molecule has 0 fully saturated rings. The Kier molecular flexibility index (Phi) is 3.94. The number of hydrogen-bond acceptors (Lipinski definition) is 2. The summed E-state index contributed by atoms with van der Waals surface area (Å²) in [6.45, 7) is 0. The minimum absolute atomic E-state index is 0.100. The van der Waals surface area contributed by atoms with Gasteiger partial charge in [0.25, 0.3) is 0 Å². The van der Waals surface area contributed by atoms with E-state index in [2.05, 4.69) is 5.10 Å². The minimum Gasteiger partial charge on any atom is -0.392 e. The predicted molar refractivity (Wildman–Crippen MR) is 48.5 cm³/mol. The monoisotopic (exact) mass is 276 g/mol. The first-order chi connectivity index (χ1) is 8.01. The Morgan fingerprint density at radius 1 is 1.22 bits per heavy atom. The second kappa shape index (κ2) is 4.79. The van der Waals surface area contributed by atoms with Gasteiger partial charge in [0.1, 0.15) is 0 Å². The van der Waals surface area contributed by atoms with Gasteiger partial charge >= 0.3 is 12.4 Å². The fraction of sp³-hybridized carbons (Fsp3) is 0.667. The second-order valence-corrected chi connectivity index (χ2v) is 3.85. The van der Waals surface area contributed by atoms with Crippen LogP contribution in [0.4, 0.5) is 26.3 Å². The Morgan fingerprint density at radius 3 is 2.06 bits per heavy atom. The minimum atomic E-state index is -5.54. The summed E-state index contributed by atoms with van der Waals surface area (Å²) < 4.78 is 74.9. The molecule has 0 aliphatic rings. The number of hydrogen-bond donors (Lipinski definition) is 1. The van der Waals surface area contributed by atoms with Gasteiger partial charge in [-0.2, -0.15) is 31.4 Å². The van der Waals surface area contributed by atoms with Gasteiger partial charge in [0.05, 0.1) is 12.3 Å². The van der Waals surface area contributed by atoms with Crippen molar-refractivity contribution in [1.82, 2.24) is 9.78 Å². The maximum Gasteiger partial charge on any atom is 0.403 e. The van der Waals surface area contributed by atoms with Crippen LogP contribution in [0, 0.1) is 5.92 Å². The first kappa shape index (κ1) is 14.8. The lowest BCUT2D eigenvalue weighted by Gasteiger charge is -2.27. The molecule has 0 radical (unpaired) electrons. The van der Waals surface area contributed by atoms with Crippen LogP contribution in [0.25, 0.3) is 0 Å². The lowest BCUT2D eigenvalue weighted by atomic mass is 9.96. The lowest BCUT2D eigenvalue weighted by Crippen LogP contribution is -2.45. The Hall–Kier alpha value is -1.25. The highest BCUT2D eigenvalue weighted by atomic mass is 19.4. The first-order valence-corrected chi connectivity index (χ1v) is 4.81. The molecule has 0 bridgehead atoms. The number of aromatic nitrogens is 2. The number of halogens is 6. The number of aryl methyl sites for hydroxylation is 1. The van der Waals surface area contributed by atoms with Gasteiger partial charge in [-0.3, -0.25) is 4.68 Å². The summed E-state index contributed by atoms with van der Waals surface area (Å²) >= 11 is 0. The van der Waals surface area contributed by atoms with Gasteiger partial charge in [-0.25, -0.2) is 0 Å². The van der Waals surface area contributed by atoms with E-state index in [0.717, 1.165) is 6.20 Å². The van der Waals surface area contributed by atoms with Crippen LogP contribution in [0.5, 0.6) is 0 Å². The molecular formula is C9H10F6N2O. The van der Waals surface area contributed by atoms with E-state index in [9.17, 15) is 26.3 Å². The molecule has 1 heterocycles. The van der Waals surface area contributed by atoms with Gasteiger partial charge in [0.2, 0.25) is 0 Å². The zero-order chi connectivity index (χ0) is 14.1. The third-order valence-electron chi connectivity index (χ3n) is 2.29. The van der Waals surface area contributed by atoms with E-state index >= 15 is 0 Å². The molecule has 0 amide bonds. The molecule has 1 aromatic rings. The molecule has 0 saturated carbocycles. The summed E-state index contributed by atoms with van der Waals surface area (Å²) in [5.41, 5.74) is 0.100. The highest BCUT2D eigenvalue weighted by Crippen LogP contribution is 2.42. The molecule has 18 heavy (non-hydrogen) atoms. The van der Waals surface area contributed by atoms with Crippen LogP contribution in [0.3, 0.4) is 0 Å². The normalized spacial score (nSPS) is 15.2. The van der Waals surface area contributed by atoms with Crippen molar-refractivity contribution in [3.05, 3.63) is 18.0 Å². The van der Waals surface area contributed by atoms with Crippen LogP contribution < -0.4 is 0 Å². The largest absolute Gasteiger partial charge is 0.403 e. The fourth-order valence-electron chi connectivity index (χ4n) is 1.56. The van der Waals surface area contributed by atoms with Gasteiger partial charge in [-0.1, -0.05) is 0 Å². The molecule has 1 aromatic heterocycles. The summed E-state index contributed by atoms with van der Waals surface area (Å²) in [7, 11) is 1.46. The van der Waals surface area contributed by atoms with Crippen LogP contribution in [-0.4, -0.2) is 33.3 Å². The van der Waals surface area contributed by atoms with E-state index in [1.807, 2.05) is 0 Å². The summed E-state index contributed by atoms with van der Waals surface area (Å²) in [6, 6.07) is 0. The molecule has 0 aliphatic carbocycles. The SMILES string of the molecule is Cn1cc(CC(O)C(C(F)(F)F)C(F)(F)F)cn1. The zero-order valence-electron chi connectivity index (χ0n) is 9.13. The quantitative estimate of drug-likeness (QED) is 0.858. The average Bonchev–Trinajstić information content (AvgIpc) is 2.44. The highest BCUT2D eigenvalue weighted by molar-refractivity contribution is 5.06. The van der Waals surface area contributed by atoms with Gasteiger partial charge in [-0.15, -0.1) is 0 Å². The number of aliphatic hydroxyl groups excluding tert-OH is 1. The van der Waals surface area contributed by atoms with E-state index in [1.54, 1.807) is 0 Å². The molecule has 1 rings (SSSR count). The Balaban J connectivity index is 2.87. The van der Waals surface area contributed by atoms with Crippen molar-refractivity contribution in [1.29, 1.82) is 0 Å². The van der Waals surface area contributed by atoms with Gasteiger partial charge < -0.3 is 5.11 Å². The van der Waals surface area contributed by atoms with Crippen LogP contribution in [-0.2, 0) is 13.5 Å². The topological polar surface area (TPSA) is 38.0 Å². The third-order valence-corrected chi connectivity index (χ3v) is 2.29. The molecule has 1 unspecified atom stereocenters. The average molecular weight is 276 g/mol. The molecule has 0 aliphatic heterocycles. The van der Waals surface area contributed by atoms with Crippen molar-refractivity contribution >= 4 is 0 Å². The molecule has 0 aromatic carbocycles. The molecule has 9 heteroatoms. The summed E-state index contributed by atoms with van der Waals surface area (Å²) in [4.78, 5) is 0. The van der Waals surface area contributed by atoms with Crippen LogP contribution in [0.2, 0.25) is 0 Å². The molecule has 0 spiro atoms. The number of alkyl halides is 6. The summed E-state index contributed by atoms with van der Waals surface area (Å²) in [5.74, 6) is -3.76. The van der Waals surface area contributed by atoms with Crippen molar-refractivity contribution in [3.8, 4) is 0 Å². The fourth-order valence-corrected chi connectivity index (χ4v) is 1.56. The molecule has 1 N–H and O–H groups in total. The Labute approximate surface area is 98.0 Å². The van der Waals surface area contributed by atoms with Gasteiger partial charge in [0, 0.05) is 19.7 Å². The summed E-state index contributed by atoms with van der Waals surface area (Å²) in [6.07, 6.45) is -12.1. The standard InChI is InChI=1S/C9H10F6N2O/c1-17-4-5(3-16-17)2-6(18)7(8(10,11)12)9(13,14)15/h3-4,6-7,18H,2H2,1H3. The van der Waals surface area contributed by atoms with Crippen molar-refractivity contribution in [2.45, 2.75) is 24.9 Å². The van der Waals surface area contributed by atoms with E-state index < -0.39 is 30.8 Å². The van der Waals surface area contributed by atoms with Crippen molar-refractivity contribution < 1.29 is 31.4 Å². The van der Waals surface area contributed by atoms with Crippen molar-refractivity contribution in [2.24, 2.45) is 13.0 Å². The third kappa shape index (κ3) is 3.62. The Bertz CT molecular complexity index is 382. The van der Waals surface area contributed by atoms with Gasteiger partial charge in [0.15, 0.2) is 5.92 Å². The number of rotatable bonds is 3. The van der Waals surface area contributed by atoms with Crippen molar-refractivity contribution in [2.75, 3.05) is 0 Å². The number of nitrogens with zero attached hydrogens (tertiary/aromatic N) is 2. The highest BCUT2D eigenvalue weighted by Gasteiger charge is 2.59.